The van der Waals surface area contributed by atoms with Gasteiger partial charge in [-0.15, -0.1) is 0 Å². The van der Waals surface area contributed by atoms with Crippen LogP contribution in [-0.2, 0) is 0 Å². The van der Waals surface area contributed by atoms with Crippen molar-refractivity contribution in [1.82, 2.24) is 0 Å². The third-order valence-electron chi connectivity index (χ3n) is 1.85. The van der Waals surface area contributed by atoms with E-state index in [4.69, 9.17) is 0 Å². The summed E-state index contributed by atoms with van der Waals surface area (Å²) in [4.78, 5) is 0. The van der Waals surface area contributed by atoms with Crippen molar-refractivity contribution in [3.8, 4) is 0 Å². The summed E-state index contributed by atoms with van der Waals surface area (Å²) in [6.45, 7) is 4.52. The van der Waals surface area contributed by atoms with Gasteiger partial charge in [-0.2, -0.15) is 0 Å². The smallest absolute Gasteiger partial charge is 0.0476 e. The van der Waals surface area contributed by atoms with Gasteiger partial charge in [0.25, 0.3) is 0 Å². The van der Waals surface area contributed by atoms with Crippen LogP contribution in [0.5, 0.6) is 0 Å². The maximum absolute atomic E-state index is 3.76. The van der Waals surface area contributed by atoms with E-state index in [1.54, 1.807) is 0 Å². The van der Waals surface area contributed by atoms with Crippen LogP contribution < -0.4 is 0 Å². The second-order valence-electron chi connectivity index (χ2n) is 3.62. The largest absolute Gasteiger partial charge is 0.0828 e. The molecule has 0 amide bonds. The molecule has 1 aliphatic carbocycles. The van der Waals surface area contributed by atoms with Crippen LogP contribution >= 0.6 is 15.9 Å². The summed E-state index contributed by atoms with van der Waals surface area (Å²) in [5.41, 5.74) is 0. The highest BCUT2D eigenvalue weighted by molar-refractivity contribution is 9.10. The Hall–Kier alpha value is -0.0400. The summed E-state index contributed by atoms with van der Waals surface area (Å²) in [6, 6.07) is 0. The van der Waals surface area contributed by atoms with Crippen LogP contribution in [0.2, 0.25) is 0 Å². The Kier molecular flexibility index (Phi) is 2.94. The van der Waals surface area contributed by atoms with Gasteiger partial charge in [0.1, 0.15) is 0 Å². The predicted molar refractivity (Wildman–Crippen MR) is 54.0 cm³/mol. The fourth-order valence-corrected chi connectivity index (χ4v) is 2.46. The Bertz CT molecular complexity index is 179. The van der Waals surface area contributed by atoms with E-state index in [1.807, 2.05) is 0 Å². The molecule has 0 heterocycles. The van der Waals surface area contributed by atoms with Gasteiger partial charge in [-0.25, -0.2) is 0 Å². The lowest BCUT2D eigenvalue weighted by Gasteiger charge is -2.26. The van der Waals surface area contributed by atoms with Crippen LogP contribution in [0, 0.1) is 5.92 Å². The van der Waals surface area contributed by atoms with E-state index in [2.05, 4.69) is 54.1 Å². The highest BCUT2D eigenvalue weighted by atomic mass is 79.9. The monoisotopic (exact) mass is 214 g/mol. The van der Waals surface area contributed by atoms with E-state index in [0.29, 0.717) is 0 Å². The minimum Gasteiger partial charge on any atom is -0.0828 e. The lowest BCUT2D eigenvalue weighted by Crippen LogP contribution is -2.20. The maximum atomic E-state index is 3.76. The molecular formula is C10H15Br. The highest BCUT2D eigenvalue weighted by Crippen LogP contribution is 2.34. The summed E-state index contributed by atoms with van der Waals surface area (Å²) >= 11 is 3.76. The van der Waals surface area contributed by atoms with Gasteiger partial charge in [0, 0.05) is 4.32 Å². The van der Waals surface area contributed by atoms with Crippen LogP contribution in [0.3, 0.4) is 0 Å². The van der Waals surface area contributed by atoms with Crippen molar-refractivity contribution in [2.75, 3.05) is 0 Å². The number of halogens is 1. The standard InChI is InChI=1S/C10H15Br/c1-9(2)8-10(11)6-4-3-5-7-10/h3-6,9H,7-8H2,1-2H3. The lowest BCUT2D eigenvalue weighted by molar-refractivity contribution is 0.516. The van der Waals surface area contributed by atoms with Crippen LogP contribution in [0.1, 0.15) is 26.7 Å². The molecule has 0 saturated heterocycles. The van der Waals surface area contributed by atoms with Gasteiger partial charge < -0.3 is 0 Å². The second kappa shape index (κ2) is 3.57. The molecule has 1 aliphatic rings. The Morgan fingerprint density at radius 1 is 1.45 bits per heavy atom. The average molecular weight is 215 g/mol. The number of allylic oxidation sites excluding steroid dienone is 4. The van der Waals surface area contributed by atoms with Gasteiger partial charge in [-0.3, -0.25) is 0 Å². The molecule has 1 unspecified atom stereocenters. The molecule has 1 atom stereocenters. The van der Waals surface area contributed by atoms with Crippen molar-refractivity contribution in [1.29, 1.82) is 0 Å². The van der Waals surface area contributed by atoms with Crippen LogP contribution in [-0.4, -0.2) is 4.32 Å². The molecule has 0 N–H and O–H groups in total. The minimum absolute atomic E-state index is 0.246. The first-order valence-corrected chi connectivity index (χ1v) is 4.95. The molecule has 0 nitrogen and oxygen atoms in total. The van der Waals surface area contributed by atoms with Crippen molar-refractivity contribution in [2.45, 2.75) is 31.0 Å². The van der Waals surface area contributed by atoms with E-state index in [1.165, 1.54) is 6.42 Å². The summed E-state index contributed by atoms with van der Waals surface area (Å²) in [6.07, 6.45) is 11.1. The highest BCUT2D eigenvalue weighted by Gasteiger charge is 2.23. The Labute approximate surface area is 77.5 Å². The van der Waals surface area contributed by atoms with Gasteiger partial charge >= 0.3 is 0 Å². The topological polar surface area (TPSA) is 0 Å². The minimum atomic E-state index is 0.246. The first kappa shape index (κ1) is 9.05. The third-order valence-corrected chi connectivity index (χ3v) is 2.76. The van der Waals surface area contributed by atoms with Crippen molar-refractivity contribution < 1.29 is 0 Å². The van der Waals surface area contributed by atoms with Crippen LogP contribution in [0.15, 0.2) is 24.3 Å². The molecule has 0 aromatic carbocycles. The fourth-order valence-electron chi connectivity index (χ4n) is 1.47. The molecule has 0 aromatic heterocycles. The lowest BCUT2D eigenvalue weighted by atomic mass is 9.91. The van der Waals surface area contributed by atoms with Gasteiger partial charge in [-0.1, -0.05) is 54.1 Å². The van der Waals surface area contributed by atoms with Crippen molar-refractivity contribution in [2.24, 2.45) is 5.92 Å². The van der Waals surface area contributed by atoms with E-state index < -0.39 is 0 Å². The molecule has 0 bridgehead atoms. The number of alkyl halides is 1. The molecular weight excluding hydrogens is 200 g/mol. The molecule has 1 heteroatoms. The average Bonchev–Trinajstić information content (AvgIpc) is 1.85. The van der Waals surface area contributed by atoms with Crippen LogP contribution in [0.4, 0.5) is 0 Å². The van der Waals surface area contributed by atoms with Gasteiger partial charge in [0.05, 0.1) is 0 Å². The van der Waals surface area contributed by atoms with E-state index in [0.717, 1.165) is 12.3 Å². The predicted octanol–water partition coefficient (Wildman–Crippen LogP) is 3.68. The number of rotatable bonds is 2. The van der Waals surface area contributed by atoms with E-state index in [9.17, 15) is 0 Å². The normalized spacial score (nSPS) is 29.8. The zero-order valence-electron chi connectivity index (χ0n) is 7.18. The number of hydrogen-bond acceptors (Lipinski definition) is 0. The quantitative estimate of drug-likeness (QED) is 0.616. The molecule has 1 rings (SSSR count). The third kappa shape index (κ3) is 2.82. The fraction of sp³-hybridized carbons (Fsp3) is 0.600. The summed E-state index contributed by atoms with van der Waals surface area (Å²) in [5, 5.41) is 0. The Morgan fingerprint density at radius 2 is 2.18 bits per heavy atom. The van der Waals surface area contributed by atoms with Crippen LogP contribution in [0.25, 0.3) is 0 Å². The molecule has 0 aliphatic heterocycles. The molecule has 0 radical (unpaired) electrons. The second-order valence-corrected chi connectivity index (χ2v) is 5.20. The van der Waals surface area contributed by atoms with Crippen molar-refractivity contribution in [3.63, 3.8) is 0 Å². The molecule has 0 fully saturated rings. The van der Waals surface area contributed by atoms with Crippen molar-refractivity contribution >= 4 is 15.9 Å². The van der Waals surface area contributed by atoms with Crippen molar-refractivity contribution in [3.05, 3.63) is 24.3 Å². The van der Waals surface area contributed by atoms with Gasteiger partial charge in [0.15, 0.2) is 0 Å². The Morgan fingerprint density at radius 3 is 2.64 bits per heavy atom. The van der Waals surface area contributed by atoms with Gasteiger partial charge in [-0.05, 0) is 18.8 Å². The molecule has 0 spiro atoms. The summed E-state index contributed by atoms with van der Waals surface area (Å²) in [5.74, 6) is 0.755. The zero-order valence-corrected chi connectivity index (χ0v) is 8.76. The molecule has 11 heavy (non-hydrogen) atoms. The van der Waals surface area contributed by atoms with E-state index in [-0.39, 0.29) is 4.32 Å². The maximum Gasteiger partial charge on any atom is 0.0476 e. The molecule has 62 valence electrons. The van der Waals surface area contributed by atoms with Gasteiger partial charge in [0.2, 0.25) is 0 Å². The summed E-state index contributed by atoms with van der Waals surface area (Å²) in [7, 11) is 0. The van der Waals surface area contributed by atoms with E-state index >= 15 is 0 Å². The SMILES string of the molecule is CC(C)CC1(Br)C=CC=CC1. The number of hydrogen-bond donors (Lipinski definition) is 0. The zero-order chi connectivity index (χ0) is 8.32. The Balaban J connectivity index is 2.54. The first-order chi connectivity index (χ1) is 5.12. The molecule has 0 aromatic rings. The molecule has 0 saturated carbocycles. The summed E-state index contributed by atoms with van der Waals surface area (Å²) < 4.78 is 0.246. The first-order valence-electron chi connectivity index (χ1n) is 4.16.